The Hall–Kier alpha value is 0.550. The first-order chi connectivity index (χ1) is 4.58. The lowest BCUT2D eigenvalue weighted by molar-refractivity contribution is 0.576. The van der Waals surface area contributed by atoms with Crippen molar-refractivity contribution in [1.82, 2.24) is 5.32 Å². The lowest BCUT2D eigenvalue weighted by Gasteiger charge is -2.03. The Morgan fingerprint density at radius 2 is 2.08 bits per heavy atom. The summed E-state index contributed by atoms with van der Waals surface area (Å²) in [5.41, 5.74) is 0. The van der Waals surface area contributed by atoms with Gasteiger partial charge in [0, 0.05) is 6.26 Å². The van der Waals surface area contributed by atoms with Crippen molar-refractivity contribution in [2.45, 2.75) is 6.42 Å². The maximum absolute atomic E-state index is 10.8. The molecule has 0 aromatic rings. The van der Waals surface area contributed by atoms with E-state index in [-0.39, 0.29) is 25.9 Å². The van der Waals surface area contributed by atoms with Crippen LogP contribution in [-0.4, -0.2) is 33.5 Å². The second kappa shape index (κ2) is 6.07. The fourth-order valence-electron chi connectivity index (χ4n) is 1.28. The lowest BCUT2D eigenvalue weighted by atomic mass is 10.2. The van der Waals surface area contributed by atoms with Crippen LogP contribution in [0, 0.1) is 5.92 Å². The average Bonchev–Trinajstić information content (AvgIpc) is 2.12. The minimum Gasteiger partial charge on any atom is -0.316 e. The molecule has 6 heteroatoms. The molecule has 0 aromatic heterocycles. The number of hydrogen-bond donors (Lipinski definition) is 1. The summed E-state index contributed by atoms with van der Waals surface area (Å²) < 4.78 is 21.5. The normalized spacial score (nSPS) is 22.6. The maximum atomic E-state index is 10.8. The van der Waals surface area contributed by atoms with Crippen molar-refractivity contribution in [2.75, 3.05) is 25.1 Å². The maximum Gasteiger partial charge on any atom is 0.147 e. The molecule has 12 heavy (non-hydrogen) atoms. The summed E-state index contributed by atoms with van der Waals surface area (Å²) in [5.74, 6) is 0.704. The van der Waals surface area contributed by atoms with E-state index in [1.54, 1.807) is 0 Å². The van der Waals surface area contributed by atoms with Gasteiger partial charge in [0.2, 0.25) is 0 Å². The summed E-state index contributed by atoms with van der Waals surface area (Å²) in [6, 6.07) is 0. The van der Waals surface area contributed by atoms with E-state index in [1.165, 1.54) is 6.26 Å². The highest BCUT2D eigenvalue weighted by Gasteiger charge is 2.18. The number of hydrogen-bond acceptors (Lipinski definition) is 3. The monoisotopic (exact) mass is 233 g/mol. The summed E-state index contributed by atoms with van der Waals surface area (Å²) in [7, 11) is -2.75. The van der Waals surface area contributed by atoms with Crippen LogP contribution in [0.4, 0.5) is 0 Å². The summed E-state index contributed by atoms with van der Waals surface area (Å²) >= 11 is 0. The van der Waals surface area contributed by atoms with E-state index >= 15 is 0 Å². The fourth-order valence-corrected chi connectivity index (χ4v) is 2.43. The van der Waals surface area contributed by atoms with Crippen molar-refractivity contribution in [3.05, 3.63) is 0 Å². The topological polar surface area (TPSA) is 46.2 Å². The molecule has 0 aliphatic carbocycles. The van der Waals surface area contributed by atoms with E-state index in [1.807, 2.05) is 0 Å². The molecular formula is C6H16ClNO2S2. The van der Waals surface area contributed by atoms with Crippen LogP contribution in [0.15, 0.2) is 0 Å². The van der Waals surface area contributed by atoms with E-state index < -0.39 is 9.84 Å². The summed E-state index contributed by atoms with van der Waals surface area (Å²) in [6.45, 7) is 1.84. The first-order valence-electron chi connectivity index (χ1n) is 3.46. The van der Waals surface area contributed by atoms with E-state index in [9.17, 15) is 8.42 Å². The molecule has 1 aliphatic heterocycles. The van der Waals surface area contributed by atoms with Crippen molar-refractivity contribution in [1.29, 1.82) is 0 Å². The van der Waals surface area contributed by atoms with Gasteiger partial charge in [0.25, 0.3) is 0 Å². The van der Waals surface area contributed by atoms with Gasteiger partial charge in [-0.15, -0.1) is 12.4 Å². The molecule has 1 rings (SSSR count). The molecule has 0 bridgehead atoms. The van der Waals surface area contributed by atoms with Gasteiger partial charge < -0.3 is 5.32 Å². The Bertz CT molecular complexity index is 200. The van der Waals surface area contributed by atoms with Gasteiger partial charge in [0.05, 0.1) is 5.75 Å². The summed E-state index contributed by atoms with van der Waals surface area (Å²) in [6.07, 6.45) is 2.30. The second-order valence-corrected chi connectivity index (χ2v) is 5.14. The quantitative estimate of drug-likeness (QED) is 0.740. The van der Waals surface area contributed by atoms with Crippen LogP contribution in [-0.2, 0) is 9.84 Å². The van der Waals surface area contributed by atoms with Crippen LogP contribution in [0.3, 0.4) is 0 Å². The molecule has 3 nitrogen and oxygen atoms in total. The Morgan fingerprint density at radius 1 is 1.50 bits per heavy atom. The van der Waals surface area contributed by atoms with Gasteiger partial charge >= 0.3 is 0 Å². The third kappa shape index (κ3) is 6.11. The van der Waals surface area contributed by atoms with Crippen molar-refractivity contribution >= 4 is 35.7 Å². The zero-order valence-electron chi connectivity index (χ0n) is 7.04. The van der Waals surface area contributed by atoms with Crippen molar-refractivity contribution in [3.63, 3.8) is 0 Å². The largest absolute Gasteiger partial charge is 0.316 e. The molecule has 0 spiro atoms. The third-order valence-electron chi connectivity index (χ3n) is 1.70. The smallest absolute Gasteiger partial charge is 0.147 e. The van der Waals surface area contributed by atoms with Crippen LogP contribution in [0.2, 0.25) is 0 Å². The Balaban J connectivity index is 0. The number of sulfone groups is 1. The van der Waals surface area contributed by atoms with Gasteiger partial charge in [-0.05, 0) is 25.4 Å². The molecule has 1 aliphatic rings. The second-order valence-electron chi connectivity index (χ2n) is 2.95. The van der Waals surface area contributed by atoms with Crippen LogP contribution in [0.25, 0.3) is 0 Å². The zero-order chi connectivity index (χ0) is 7.61. The van der Waals surface area contributed by atoms with Gasteiger partial charge in [-0.1, -0.05) is 0 Å². The highest BCUT2D eigenvalue weighted by molar-refractivity contribution is 7.90. The Morgan fingerprint density at radius 3 is 2.42 bits per heavy atom. The predicted molar refractivity (Wildman–Crippen MR) is 58.3 cm³/mol. The van der Waals surface area contributed by atoms with E-state index in [2.05, 4.69) is 5.32 Å². The SMILES string of the molecule is CS(=O)(=O)C[C@H]1CCNC1.Cl.S. The van der Waals surface area contributed by atoms with Gasteiger partial charge in [0.15, 0.2) is 0 Å². The standard InChI is InChI=1S/C6H13NO2S.ClH.H2S/c1-10(8,9)5-6-2-3-7-4-6;;/h6-7H,2-5H2,1H3;1H;1H2/t6-;;/m0../s1. The zero-order valence-corrected chi connectivity index (χ0v) is 9.67. The number of halogens is 1. The van der Waals surface area contributed by atoms with Crippen molar-refractivity contribution < 1.29 is 8.42 Å². The minimum absolute atomic E-state index is 0. The summed E-state index contributed by atoms with van der Waals surface area (Å²) in [5, 5.41) is 3.13. The van der Waals surface area contributed by atoms with Crippen molar-refractivity contribution in [3.8, 4) is 0 Å². The predicted octanol–water partition coefficient (Wildman–Crippen LogP) is 0.175. The van der Waals surface area contributed by atoms with E-state index in [0.717, 1.165) is 19.5 Å². The van der Waals surface area contributed by atoms with Gasteiger partial charge in [-0.2, -0.15) is 13.5 Å². The van der Waals surface area contributed by atoms with Crippen molar-refractivity contribution in [2.24, 2.45) is 5.92 Å². The van der Waals surface area contributed by atoms with Crippen LogP contribution in [0.1, 0.15) is 6.42 Å². The Labute approximate surface area is 87.1 Å². The molecule has 1 fully saturated rings. The van der Waals surface area contributed by atoms with Gasteiger partial charge in [-0.25, -0.2) is 8.42 Å². The van der Waals surface area contributed by atoms with Gasteiger partial charge in [-0.3, -0.25) is 0 Å². The molecular weight excluding hydrogens is 218 g/mol. The molecule has 1 saturated heterocycles. The first kappa shape index (κ1) is 15.0. The fraction of sp³-hybridized carbons (Fsp3) is 1.00. The lowest BCUT2D eigenvalue weighted by Crippen LogP contribution is -2.17. The summed E-state index contributed by atoms with van der Waals surface area (Å²) in [4.78, 5) is 0. The average molecular weight is 234 g/mol. The third-order valence-corrected chi connectivity index (χ3v) is 2.78. The highest BCUT2D eigenvalue weighted by atomic mass is 35.5. The minimum atomic E-state index is -2.75. The van der Waals surface area contributed by atoms with Crippen LogP contribution < -0.4 is 5.32 Å². The number of nitrogens with one attached hydrogen (secondary N) is 1. The highest BCUT2D eigenvalue weighted by Crippen LogP contribution is 2.09. The van der Waals surface area contributed by atoms with Crippen LogP contribution in [0.5, 0.6) is 0 Å². The van der Waals surface area contributed by atoms with E-state index in [4.69, 9.17) is 0 Å². The molecule has 1 atom stereocenters. The molecule has 76 valence electrons. The van der Waals surface area contributed by atoms with E-state index in [0.29, 0.717) is 11.7 Å². The molecule has 0 saturated carbocycles. The molecule has 0 unspecified atom stereocenters. The number of rotatable bonds is 2. The van der Waals surface area contributed by atoms with Gasteiger partial charge in [0.1, 0.15) is 9.84 Å². The van der Waals surface area contributed by atoms with Crippen LogP contribution >= 0.6 is 25.9 Å². The molecule has 0 radical (unpaired) electrons. The molecule has 0 amide bonds. The molecule has 0 aromatic carbocycles. The first-order valence-corrected chi connectivity index (χ1v) is 5.52. The Kier molecular flexibility index (Phi) is 7.61. The molecule has 1 heterocycles. The molecule has 1 N–H and O–H groups in total.